The van der Waals surface area contributed by atoms with Crippen molar-refractivity contribution in [2.75, 3.05) is 0 Å². The molecule has 0 saturated heterocycles. The van der Waals surface area contributed by atoms with Gasteiger partial charge >= 0.3 is 6.18 Å². The van der Waals surface area contributed by atoms with Gasteiger partial charge < -0.3 is 21.4 Å². The maximum absolute atomic E-state index is 14.0. The van der Waals surface area contributed by atoms with Crippen LogP contribution < -0.4 is 16.4 Å². The molecule has 0 saturated carbocycles. The second-order valence-electron chi connectivity index (χ2n) is 10.1. The fourth-order valence-electron chi connectivity index (χ4n) is 5.14. The molecule has 1 aliphatic carbocycles. The summed E-state index contributed by atoms with van der Waals surface area (Å²) in [6.45, 7) is 3.58. The Morgan fingerprint density at radius 2 is 1.85 bits per heavy atom. The summed E-state index contributed by atoms with van der Waals surface area (Å²) in [4.78, 5) is 41.9. The van der Waals surface area contributed by atoms with Gasteiger partial charge in [0.1, 0.15) is 17.4 Å². The summed E-state index contributed by atoms with van der Waals surface area (Å²) in [6, 6.07) is 8.56. The van der Waals surface area contributed by atoms with Crippen molar-refractivity contribution in [2.45, 2.75) is 63.7 Å². The van der Waals surface area contributed by atoms with Gasteiger partial charge in [-0.2, -0.15) is 13.2 Å². The molecule has 0 bridgehead atoms. The number of nitrogens with two attached hydrogens (primary N) is 1. The SMILES string of the molecule is CCC(C)[C@H](NC(=O)Cc1ccccc1F)C(=O)N[C@]1(C(N)=O)CCc2[nH]c3c(C(F)(F)F)cccc3c2C1. The van der Waals surface area contributed by atoms with Crippen molar-refractivity contribution >= 4 is 28.6 Å². The maximum Gasteiger partial charge on any atom is 0.418 e. The van der Waals surface area contributed by atoms with E-state index in [1.807, 2.05) is 6.92 Å². The predicted molar refractivity (Wildman–Crippen MR) is 137 cm³/mol. The molecule has 0 fully saturated rings. The lowest BCUT2D eigenvalue weighted by molar-refractivity contribution is -0.136. The van der Waals surface area contributed by atoms with Gasteiger partial charge in [-0.3, -0.25) is 14.4 Å². The van der Waals surface area contributed by atoms with Gasteiger partial charge in [0.25, 0.3) is 0 Å². The van der Waals surface area contributed by atoms with Crippen molar-refractivity contribution in [1.82, 2.24) is 15.6 Å². The van der Waals surface area contributed by atoms with Crippen molar-refractivity contribution in [1.29, 1.82) is 0 Å². The molecule has 11 heteroatoms. The van der Waals surface area contributed by atoms with E-state index in [2.05, 4.69) is 15.6 Å². The van der Waals surface area contributed by atoms with Crippen LogP contribution in [-0.2, 0) is 39.8 Å². The molecule has 39 heavy (non-hydrogen) atoms. The third-order valence-electron chi connectivity index (χ3n) is 7.57. The normalized spacial score (nSPS) is 18.7. The molecule has 1 aliphatic rings. The zero-order valence-corrected chi connectivity index (χ0v) is 21.5. The van der Waals surface area contributed by atoms with Gasteiger partial charge in [0.2, 0.25) is 17.7 Å². The van der Waals surface area contributed by atoms with Gasteiger partial charge in [-0.25, -0.2) is 4.39 Å². The van der Waals surface area contributed by atoms with Crippen LogP contribution in [0, 0.1) is 11.7 Å². The molecule has 3 amide bonds. The Morgan fingerprint density at radius 1 is 1.13 bits per heavy atom. The average Bonchev–Trinajstić information content (AvgIpc) is 3.25. The first-order chi connectivity index (χ1) is 18.4. The number of nitrogens with one attached hydrogen (secondary N) is 3. The van der Waals surface area contributed by atoms with E-state index < -0.39 is 46.9 Å². The number of aryl methyl sites for hydroxylation is 1. The number of para-hydroxylation sites is 1. The summed E-state index contributed by atoms with van der Waals surface area (Å²) in [7, 11) is 0. The first-order valence-electron chi connectivity index (χ1n) is 12.7. The van der Waals surface area contributed by atoms with Crippen LogP contribution in [0.5, 0.6) is 0 Å². The molecule has 1 unspecified atom stereocenters. The summed E-state index contributed by atoms with van der Waals surface area (Å²) in [5.41, 5.74) is 4.49. The Balaban J connectivity index is 1.60. The van der Waals surface area contributed by atoms with Gasteiger partial charge in [-0.1, -0.05) is 50.6 Å². The van der Waals surface area contributed by atoms with E-state index in [0.717, 1.165) is 6.07 Å². The number of H-pyrrole nitrogens is 1. The number of halogens is 4. The van der Waals surface area contributed by atoms with Crippen LogP contribution in [0.15, 0.2) is 42.5 Å². The summed E-state index contributed by atoms with van der Waals surface area (Å²) < 4.78 is 54.8. The van der Waals surface area contributed by atoms with Gasteiger partial charge in [-0.15, -0.1) is 0 Å². The molecule has 0 radical (unpaired) electrons. The van der Waals surface area contributed by atoms with E-state index in [9.17, 15) is 31.9 Å². The lowest BCUT2D eigenvalue weighted by Crippen LogP contribution is -2.64. The van der Waals surface area contributed by atoms with Gasteiger partial charge in [0.05, 0.1) is 17.5 Å². The highest BCUT2D eigenvalue weighted by atomic mass is 19.4. The number of alkyl halides is 3. The highest BCUT2D eigenvalue weighted by molar-refractivity contribution is 5.96. The summed E-state index contributed by atoms with van der Waals surface area (Å²) in [5, 5.41) is 5.69. The zero-order chi connectivity index (χ0) is 28.5. The van der Waals surface area contributed by atoms with Crippen LogP contribution in [0.1, 0.15) is 49.1 Å². The number of fused-ring (bicyclic) bond motifs is 3. The van der Waals surface area contributed by atoms with Gasteiger partial charge in [-0.05, 0) is 42.0 Å². The van der Waals surface area contributed by atoms with Crippen molar-refractivity contribution in [3.05, 3.63) is 70.7 Å². The molecule has 4 rings (SSSR count). The minimum atomic E-state index is -4.58. The van der Waals surface area contributed by atoms with E-state index >= 15 is 0 Å². The number of amides is 3. The van der Waals surface area contributed by atoms with Gasteiger partial charge in [0.15, 0.2) is 0 Å². The molecule has 7 nitrogen and oxygen atoms in total. The molecular weight excluding hydrogens is 516 g/mol. The van der Waals surface area contributed by atoms with Gasteiger partial charge in [0, 0.05) is 17.5 Å². The Labute approximate surface area is 222 Å². The second-order valence-corrected chi connectivity index (χ2v) is 10.1. The van der Waals surface area contributed by atoms with E-state index in [0.29, 0.717) is 23.1 Å². The topological polar surface area (TPSA) is 117 Å². The molecule has 208 valence electrons. The molecule has 1 aromatic heterocycles. The van der Waals surface area contributed by atoms with Crippen LogP contribution in [0.3, 0.4) is 0 Å². The fraction of sp³-hybridized carbons (Fsp3) is 0.393. The number of benzene rings is 2. The fourth-order valence-corrected chi connectivity index (χ4v) is 5.14. The number of hydrogen-bond acceptors (Lipinski definition) is 3. The molecule has 3 atom stereocenters. The van der Waals surface area contributed by atoms with Crippen molar-refractivity contribution < 1.29 is 31.9 Å². The smallest absolute Gasteiger partial charge is 0.368 e. The summed E-state index contributed by atoms with van der Waals surface area (Å²) in [6.07, 6.45) is -4.22. The van der Waals surface area contributed by atoms with Crippen LogP contribution >= 0.6 is 0 Å². The maximum atomic E-state index is 14.0. The number of aromatic amines is 1. The van der Waals surface area contributed by atoms with E-state index in [4.69, 9.17) is 5.73 Å². The second kappa shape index (κ2) is 10.7. The average molecular weight is 547 g/mol. The third-order valence-corrected chi connectivity index (χ3v) is 7.57. The molecule has 0 spiro atoms. The highest BCUT2D eigenvalue weighted by Gasteiger charge is 2.45. The largest absolute Gasteiger partial charge is 0.418 e. The molecule has 2 aromatic carbocycles. The van der Waals surface area contributed by atoms with Crippen LogP contribution in [0.2, 0.25) is 0 Å². The highest BCUT2D eigenvalue weighted by Crippen LogP contribution is 2.40. The standard InChI is InChI=1S/C28H30F4N4O3/c1-3-15(2)23(35-22(37)13-16-7-4-5-10-20(16)29)25(38)36-27(26(33)39)12-11-21-18(14-27)17-8-6-9-19(24(17)34-21)28(30,31)32/h4-10,15,23,34H,3,11-14H2,1-2H3,(H2,33,39)(H,35,37)(H,36,38)/t15?,23-,27+/m0/s1. The van der Waals surface area contributed by atoms with Crippen LogP contribution in [-0.4, -0.2) is 34.3 Å². The Bertz CT molecular complexity index is 1420. The summed E-state index contributed by atoms with van der Waals surface area (Å²) in [5.74, 6) is -2.94. The van der Waals surface area contributed by atoms with E-state index in [-0.39, 0.29) is 42.7 Å². The molecule has 1 heterocycles. The number of carbonyl (C=O) groups excluding carboxylic acids is 3. The number of primary amides is 1. The summed E-state index contributed by atoms with van der Waals surface area (Å²) >= 11 is 0. The monoisotopic (exact) mass is 546 g/mol. The number of carbonyl (C=O) groups is 3. The third kappa shape index (κ3) is 5.62. The predicted octanol–water partition coefficient (Wildman–Crippen LogP) is 3.93. The minimum absolute atomic E-state index is 0.0612. The quantitative estimate of drug-likeness (QED) is 0.321. The number of rotatable bonds is 8. The van der Waals surface area contributed by atoms with Crippen molar-refractivity contribution in [2.24, 2.45) is 11.7 Å². The lowest BCUT2D eigenvalue weighted by Gasteiger charge is -2.37. The zero-order valence-electron chi connectivity index (χ0n) is 21.5. The number of aromatic nitrogens is 1. The molecular formula is C28H30F4N4O3. The minimum Gasteiger partial charge on any atom is -0.368 e. The van der Waals surface area contributed by atoms with Crippen LogP contribution in [0.25, 0.3) is 10.9 Å². The van der Waals surface area contributed by atoms with Crippen LogP contribution in [0.4, 0.5) is 17.6 Å². The Hall–Kier alpha value is -3.89. The lowest BCUT2D eigenvalue weighted by atomic mass is 9.78. The van der Waals surface area contributed by atoms with Crippen molar-refractivity contribution in [3.63, 3.8) is 0 Å². The Morgan fingerprint density at radius 3 is 2.49 bits per heavy atom. The Kier molecular flexibility index (Phi) is 7.72. The van der Waals surface area contributed by atoms with E-state index in [1.54, 1.807) is 13.0 Å². The molecule has 3 aromatic rings. The first-order valence-corrected chi connectivity index (χ1v) is 12.7. The number of hydrogen-bond donors (Lipinski definition) is 4. The van der Waals surface area contributed by atoms with Crippen molar-refractivity contribution in [3.8, 4) is 0 Å². The molecule has 5 N–H and O–H groups in total. The molecule has 0 aliphatic heterocycles. The first kappa shape index (κ1) is 28.1. The van der Waals surface area contributed by atoms with E-state index in [1.165, 1.54) is 30.3 Å².